The molecule has 10 atom stereocenters. The Morgan fingerprint density at radius 2 is 1.73 bits per heavy atom. The molecule has 5 aliphatic rings. The highest BCUT2D eigenvalue weighted by Gasteiger charge is 2.71. The van der Waals surface area contributed by atoms with Crippen LogP contribution < -0.4 is 5.32 Å². The molecule has 5 aliphatic carbocycles. The van der Waals surface area contributed by atoms with Gasteiger partial charge in [0.2, 0.25) is 5.91 Å². The number of pyridine rings is 1. The van der Waals surface area contributed by atoms with Crippen LogP contribution in [0.1, 0.15) is 111 Å². The molecule has 4 heteroatoms. The Bertz CT molecular complexity index is 1180. The molecule has 1 unspecified atom stereocenters. The smallest absolute Gasteiger partial charge is 0.226 e. The quantitative estimate of drug-likeness (QED) is 0.362. The minimum Gasteiger partial charge on any atom is -0.393 e. The lowest BCUT2D eigenvalue weighted by atomic mass is 9.32. The monoisotopic (exact) mass is 560 g/mol. The van der Waals surface area contributed by atoms with Crippen molar-refractivity contribution in [2.24, 2.45) is 56.7 Å². The first kappa shape index (κ1) is 29.4. The first-order chi connectivity index (χ1) is 19.3. The van der Waals surface area contributed by atoms with E-state index in [0.29, 0.717) is 42.0 Å². The third kappa shape index (κ3) is 4.08. The third-order valence-electron chi connectivity index (χ3n) is 14.9. The fourth-order valence-corrected chi connectivity index (χ4v) is 12.5. The molecule has 5 saturated carbocycles. The van der Waals surface area contributed by atoms with Gasteiger partial charge in [0.25, 0.3) is 0 Å². The van der Waals surface area contributed by atoms with Crippen molar-refractivity contribution in [3.63, 3.8) is 0 Å². The minimum absolute atomic E-state index is 0.0162. The van der Waals surface area contributed by atoms with Gasteiger partial charge in [0.1, 0.15) is 0 Å². The number of nitrogens with zero attached hydrogens (tertiary/aromatic N) is 1. The van der Waals surface area contributed by atoms with E-state index in [1.807, 2.05) is 18.3 Å². The van der Waals surface area contributed by atoms with Gasteiger partial charge in [0, 0.05) is 24.9 Å². The molecule has 226 valence electrons. The van der Waals surface area contributed by atoms with Gasteiger partial charge in [-0.2, -0.15) is 0 Å². The SMILES string of the molecule is C=C(C)[C@@H]1CC[C@]2(C(=O)NCCc3ccccn3)CC[C@]3(C)[C@H](CC[C@@H]4[C@@]5(C)CC[C@H](O)C(C)(C)[C@@H]5CC[C@]43C)C12. The molecule has 0 aliphatic heterocycles. The van der Waals surface area contributed by atoms with Gasteiger partial charge in [-0.05, 0) is 135 Å². The summed E-state index contributed by atoms with van der Waals surface area (Å²) >= 11 is 0. The third-order valence-corrected chi connectivity index (χ3v) is 14.9. The van der Waals surface area contributed by atoms with E-state index in [1.54, 1.807) is 0 Å². The van der Waals surface area contributed by atoms with Crippen LogP contribution in [0.2, 0.25) is 0 Å². The Morgan fingerprint density at radius 3 is 2.44 bits per heavy atom. The fraction of sp³-hybridized carbons (Fsp3) is 0.784. The first-order valence-electron chi connectivity index (χ1n) is 16.8. The Labute approximate surface area is 249 Å². The van der Waals surface area contributed by atoms with Gasteiger partial charge >= 0.3 is 0 Å². The van der Waals surface area contributed by atoms with Crippen LogP contribution in [0.4, 0.5) is 0 Å². The van der Waals surface area contributed by atoms with Crippen LogP contribution in [0.5, 0.6) is 0 Å². The van der Waals surface area contributed by atoms with E-state index in [1.165, 1.54) is 31.3 Å². The summed E-state index contributed by atoms with van der Waals surface area (Å²) in [6.45, 7) is 20.0. The zero-order valence-electron chi connectivity index (χ0n) is 26.8. The number of allylic oxidation sites excluding steroid dienone is 1. The average molecular weight is 561 g/mol. The molecule has 0 saturated heterocycles. The van der Waals surface area contributed by atoms with E-state index >= 15 is 0 Å². The van der Waals surface area contributed by atoms with Crippen molar-refractivity contribution in [1.82, 2.24) is 10.3 Å². The maximum atomic E-state index is 14.3. The predicted octanol–water partition coefficient (Wildman–Crippen LogP) is 7.76. The van der Waals surface area contributed by atoms with Crippen LogP contribution in [0.25, 0.3) is 0 Å². The van der Waals surface area contributed by atoms with E-state index in [0.717, 1.165) is 50.6 Å². The zero-order valence-corrected chi connectivity index (χ0v) is 26.8. The van der Waals surface area contributed by atoms with Crippen LogP contribution in [0.15, 0.2) is 36.5 Å². The van der Waals surface area contributed by atoms with Crippen molar-refractivity contribution in [2.45, 2.75) is 118 Å². The van der Waals surface area contributed by atoms with Crippen molar-refractivity contribution in [3.05, 3.63) is 42.2 Å². The van der Waals surface area contributed by atoms with E-state index < -0.39 is 0 Å². The molecule has 1 amide bonds. The molecule has 0 bridgehead atoms. The number of hydrogen-bond donors (Lipinski definition) is 2. The number of aliphatic hydroxyl groups is 1. The highest BCUT2D eigenvalue weighted by molar-refractivity contribution is 5.84. The number of carbonyl (C=O) groups is 1. The normalized spacial score (nSPS) is 46.4. The number of aromatic nitrogens is 1. The summed E-state index contributed by atoms with van der Waals surface area (Å²) in [5, 5.41) is 14.5. The lowest BCUT2D eigenvalue weighted by Gasteiger charge is -2.72. The molecule has 1 aromatic heterocycles. The summed E-state index contributed by atoms with van der Waals surface area (Å²) in [5.41, 5.74) is 2.82. The van der Waals surface area contributed by atoms with Crippen molar-refractivity contribution in [3.8, 4) is 0 Å². The largest absolute Gasteiger partial charge is 0.393 e. The molecule has 1 heterocycles. The van der Waals surface area contributed by atoms with Crippen molar-refractivity contribution >= 4 is 5.91 Å². The number of hydrogen-bond acceptors (Lipinski definition) is 3. The summed E-state index contributed by atoms with van der Waals surface area (Å²) in [4.78, 5) is 18.7. The molecule has 4 nitrogen and oxygen atoms in total. The molecular formula is C37H56N2O2. The summed E-state index contributed by atoms with van der Waals surface area (Å²) < 4.78 is 0. The maximum absolute atomic E-state index is 14.3. The summed E-state index contributed by atoms with van der Waals surface area (Å²) in [6.07, 6.45) is 13.8. The van der Waals surface area contributed by atoms with Gasteiger partial charge in [0.15, 0.2) is 0 Å². The van der Waals surface area contributed by atoms with Crippen LogP contribution in [0, 0.1) is 56.7 Å². The Morgan fingerprint density at radius 1 is 0.951 bits per heavy atom. The molecular weight excluding hydrogens is 504 g/mol. The van der Waals surface area contributed by atoms with E-state index in [4.69, 9.17) is 0 Å². The van der Waals surface area contributed by atoms with E-state index in [2.05, 4.69) is 64.5 Å². The fourth-order valence-electron chi connectivity index (χ4n) is 12.5. The molecule has 0 aromatic carbocycles. The van der Waals surface area contributed by atoms with Crippen LogP contribution in [-0.2, 0) is 11.2 Å². The lowest BCUT2D eigenvalue weighted by Crippen LogP contribution is -2.67. The number of aliphatic hydroxyl groups excluding tert-OH is 1. The molecule has 5 fully saturated rings. The number of nitrogens with one attached hydrogen (secondary N) is 1. The van der Waals surface area contributed by atoms with Crippen LogP contribution >= 0.6 is 0 Å². The van der Waals surface area contributed by atoms with Gasteiger partial charge in [-0.15, -0.1) is 0 Å². The summed E-state index contributed by atoms with van der Waals surface area (Å²) in [7, 11) is 0. The number of fused-ring (bicyclic) bond motifs is 7. The molecule has 2 N–H and O–H groups in total. The number of amides is 1. The van der Waals surface area contributed by atoms with Crippen molar-refractivity contribution in [1.29, 1.82) is 0 Å². The molecule has 41 heavy (non-hydrogen) atoms. The Hall–Kier alpha value is -1.68. The highest BCUT2D eigenvalue weighted by Crippen LogP contribution is 2.77. The second-order valence-electron chi connectivity index (χ2n) is 16.5. The van der Waals surface area contributed by atoms with Crippen molar-refractivity contribution < 1.29 is 9.90 Å². The van der Waals surface area contributed by atoms with Gasteiger partial charge in [-0.1, -0.05) is 52.8 Å². The van der Waals surface area contributed by atoms with Crippen LogP contribution in [0.3, 0.4) is 0 Å². The standard InChI is InChI=1S/C37H56N2O2/c1-24(2)26-13-19-37(32(41)39-23-16-25-10-8-9-22-38-25)21-20-35(6)27(31(26)37)11-12-29-34(5)17-15-30(40)33(3,4)28(34)14-18-36(29,35)7/h8-10,22,26-31,40H,1,11-21,23H2,2-7H3,(H,39,41)/t26-,27+,28-,29+,30-,31?,34-,35+,36+,37-/m0/s1. The summed E-state index contributed by atoms with van der Waals surface area (Å²) in [5.74, 6) is 2.96. The van der Waals surface area contributed by atoms with Gasteiger partial charge in [-0.3, -0.25) is 9.78 Å². The maximum Gasteiger partial charge on any atom is 0.226 e. The van der Waals surface area contributed by atoms with Gasteiger partial charge < -0.3 is 10.4 Å². The minimum atomic E-state index is -0.265. The van der Waals surface area contributed by atoms with E-state index in [-0.39, 0.29) is 33.2 Å². The topological polar surface area (TPSA) is 62.2 Å². The Kier molecular flexibility index (Phi) is 7.12. The number of carbonyl (C=O) groups excluding carboxylic acids is 1. The second kappa shape index (κ2) is 9.93. The zero-order chi connectivity index (χ0) is 29.4. The lowest BCUT2D eigenvalue weighted by molar-refractivity contribution is -0.246. The second-order valence-corrected chi connectivity index (χ2v) is 16.5. The van der Waals surface area contributed by atoms with Crippen LogP contribution in [-0.4, -0.2) is 28.6 Å². The Balaban J connectivity index is 1.30. The molecule has 1 aromatic rings. The van der Waals surface area contributed by atoms with Gasteiger partial charge in [-0.25, -0.2) is 0 Å². The van der Waals surface area contributed by atoms with E-state index in [9.17, 15) is 9.90 Å². The van der Waals surface area contributed by atoms with Crippen molar-refractivity contribution in [2.75, 3.05) is 6.54 Å². The molecule has 0 radical (unpaired) electrons. The number of rotatable bonds is 5. The molecule has 0 spiro atoms. The first-order valence-corrected chi connectivity index (χ1v) is 16.8. The predicted molar refractivity (Wildman–Crippen MR) is 166 cm³/mol. The average Bonchev–Trinajstić information content (AvgIpc) is 3.33. The van der Waals surface area contributed by atoms with Gasteiger partial charge in [0.05, 0.1) is 11.5 Å². The highest BCUT2D eigenvalue weighted by atomic mass is 16.3. The summed E-state index contributed by atoms with van der Waals surface area (Å²) in [6, 6.07) is 6.02. The molecule has 6 rings (SSSR count).